The molecule has 138 valence electrons. The van der Waals surface area contributed by atoms with Crippen LogP contribution in [0.2, 0.25) is 0 Å². The lowest BCUT2D eigenvalue weighted by Gasteiger charge is -2.20. The quantitative estimate of drug-likeness (QED) is 0.661. The Kier molecular flexibility index (Phi) is 5.05. The van der Waals surface area contributed by atoms with E-state index in [1.54, 1.807) is 0 Å². The van der Waals surface area contributed by atoms with Crippen molar-refractivity contribution in [2.75, 3.05) is 11.4 Å². The number of imidazole rings is 1. The molecule has 3 aromatic rings. The average Bonchev–Trinajstić information content (AvgIpc) is 2.91. The molecule has 4 nitrogen and oxygen atoms in total. The highest BCUT2D eigenvalue weighted by atomic mass is 16.2. The number of rotatable bonds is 4. The summed E-state index contributed by atoms with van der Waals surface area (Å²) in [5, 5.41) is 0. The van der Waals surface area contributed by atoms with E-state index in [9.17, 15) is 4.79 Å². The third kappa shape index (κ3) is 3.39. The van der Waals surface area contributed by atoms with Crippen LogP contribution in [0.3, 0.4) is 0 Å². The number of benzene rings is 2. The Hall–Kier alpha value is -2.88. The first-order chi connectivity index (χ1) is 13.3. The number of anilines is 1. The van der Waals surface area contributed by atoms with Crippen molar-refractivity contribution >= 4 is 11.6 Å². The molecule has 4 heteroatoms. The van der Waals surface area contributed by atoms with Gasteiger partial charge in [-0.05, 0) is 38.3 Å². The minimum absolute atomic E-state index is 0.00321. The van der Waals surface area contributed by atoms with Crippen LogP contribution in [0.25, 0.3) is 11.4 Å². The van der Waals surface area contributed by atoms with Crippen LogP contribution in [0.15, 0.2) is 60.7 Å². The molecule has 1 aliphatic rings. The molecule has 0 fully saturated rings. The van der Waals surface area contributed by atoms with Crippen LogP contribution in [-0.2, 0) is 13.0 Å². The average molecular weight is 359 g/mol. The molecule has 2 heterocycles. The molecule has 0 aliphatic carbocycles. The zero-order valence-corrected chi connectivity index (χ0v) is 15.8. The number of nitrogens with zero attached hydrogens (tertiary/aromatic N) is 3. The van der Waals surface area contributed by atoms with E-state index in [2.05, 4.69) is 16.7 Å². The summed E-state index contributed by atoms with van der Waals surface area (Å²) in [7, 11) is 0. The summed E-state index contributed by atoms with van der Waals surface area (Å²) in [6.45, 7) is 3.56. The smallest absolute Gasteiger partial charge is 0.278 e. The first-order valence-electron chi connectivity index (χ1n) is 9.81. The van der Waals surface area contributed by atoms with Crippen LogP contribution in [-0.4, -0.2) is 22.0 Å². The molecule has 1 amide bonds. The summed E-state index contributed by atoms with van der Waals surface area (Å²) in [4.78, 5) is 20.1. The van der Waals surface area contributed by atoms with E-state index in [1.807, 2.05) is 60.4 Å². The third-order valence-corrected chi connectivity index (χ3v) is 5.23. The van der Waals surface area contributed by atoms with E-state index in [0.717, 1.165) is 48.6 Å². The minimum atomic E-state index is -0.00321. The summed E-state index contributed by atoms with van der Waals surface area (Å²) in [6.07, 6.45) is 4.34. The lowest BCUT2D eigenvalue weighted by atomic mass is 10.1. The van der Waals surface area contributed by atoms with Gasteiger partial charge in [-0.1, -0.05) is 55.0 Å². The van der Waals surface area contributed by atoms with Crippen molar-refractivity contribution in [1.82, 2.24) is 9.55 Å². The van der Waals surface area contributed by atoms with Gasteiger partial charge in [0.1, 0.15) is 5.82 Å². The Labute approximate surface area is 160 Å². The summed E-state index contributed by atoms with van der Waals surface area (Å²) in [6, 6.07) is 20.1. The Bertz CT molecular complexity index is 916. The van der Waals surface area contributed by atoms with Crippen LogP contribution in [0.1, 0.15) is 42.4 Å². The van der Waals surface area contributed by atoms with E-state index in [0.29, 0.717) is 12.2 Å². The van der Waals surface area contributed by atoms with Gasteiger partial charge in [-0.2, -0.15) is 0 Å². The maximum atomic E-state index is 13.5. The molecule has 4 rings (SSSR count). The van der Waals surface area contributed by atoms with Crippen molar-refractivity contribution in [2.45, 2.75) is 39.2 Å². The topological polar surface area (TPSA) is 38.1 Å². The Balaban J connectivity index is 1.80. The van der Waals surface area contributed by atoms with Crippen molar-refractivity contribution in [3.63, 3.8) is 0 Å². The number of carbonyl (C=O) groups excluding carboxylic acids is 1. The molecule has 1 aromatic heterocycles. The standard InChI is InChI=1S/C23H25N3O/c1-2-25(19-14-8-4-9-15-19)23(27)21-20-16-10-5-11-17-26(20)22(24-21)18-12-6-3-7-13-18/h3-4,6-9,12-15H,2,5,10-11,16-17H2,1H3. The number of hydrogen-bond acceptors (Lipinski definition) is 2. The van der Waals surface area contributed by atoms with Gasteiger partial charge >= 0.3 is 0 Å². The normalized spacial score (nSPS) is 13.7. The Morgan fingerprint density at radius 1 is 1.00 bits per heavy atom. The van der Waals surface area contributed by atoms with Gasteiger partial charge in [0.25, 0.3) is 5.91 Å². The van der Waals surface area contributed by atoms with Gasteiger partial charge in [-0.15, -0.1) is 0 Å². The molecule has 0 N–H and O–H groups in total. The van der Waals surface area contributed by atoms with Crippen molar-refractivity contribution in [1.29, 1.82) is 0 Å². The fraction of sp³-hybridized carbons (Fsp3) is 0.304. The van der Waals surface area contributed by atoms with Gasteiger partial charge in [0, 0.05) is 24.3 Å². The molecule has 0 spiro atoms. The second-order valence-corrected chi connectivity index (χ2v) is 6.94. The van der Waals surface area contributed by atoms with Crippen LogP contribution < -0.4 is 4.90 Å². The third-order valence-electron chi connectivity index (χ3n) is 5.23. The van der Waals surface area contributed by atoms with E-state index in [1.165, 1.54) is 6.42 Å². The molecule has 27 heavy (non-hydrogen) atoms. The van der Waals surface area contributed by atoms with Crippen molar-refractivity contribution in [3.05, 3.63) is 72.1 Å². The maximum absolute atomic E-state index is 13.5. The number of amides is 1. The van der Waals surface area contributed by atoms with Gasteiger partial charge in [0.05, 0.1) is 5.69 Å². The Morgan fingerprint density at radius 2 is 1.70 bits per heavy atom. The van der Waals surface area contributed by atoms with Crippen molar-refractivity contribution in [2.24, 2.45) is 0 Å². The fourth-order valence-corrected chi connectivity index (χ4v) is 3.88. The first kappa shape index (κ1) is 17.5. The molecule has 1 aliphatic heterocycles. The predicted molar refractivity (Wildman–Crippen MR) is 109 cm³/mol. The van der Waals surface area contributed by atoms with Crippen LogP contribution in [0, 0.1) is 0 Å². The monoisotopic (exact) mass is 359 g/mol. The number of para-hydroxylation sites is 1. The fourth-order valence-electron chi connectivity index (χ4n) is 3.88. The summed E-state index contributed by atoms with van der Waals surface area (Å²) >= 11 is 0. The molecule has 0 radical (unpaired) electrons. The number of carbonyl (C=O) groups is 1. The molecular formula is C23H25N3O. The Morgan fingerprint density at radius 3 is 2.41 bits per heavy atom. The molecule has 0 unspecified atom stereocenters. The second-order valence-electron chi connectivity index (χ2n) is 6.94. The lowest BCUT2D eigenvalue weighted by Crippen LogP contribution is -2.31. The zero-order valence-electron chi connectivity index (χ0n) is 15.8. The predicted octanol–water partition coefficient (Wildman–Crippen LogP) is 4.94. The molecule has 0 bridgehead atoms. The van der Waals surface area contributed by atoms with E-state index in [-0.39, 0.29) is 5.91 Å². The number of hydrogen-bond donors (Lipinski definition) is 0. The second kappa shape index (κ2) is 7.78. The van der Waals surface area contributed by atoms with E-state index < -0.39 is 0 Å². The summed E-state index contributed by atoms with van der Waals surface area (Å²) in [5.41, 5.74) is 3.69. The molecular weight excluding hydrogens is 334 g/mol. The van der Waals surface area contributed by atoms with Gasteiger partial charge in [0.15, 0.2) is 5.69 Å². The van der Waals surface area contributed by atoms with Gasteiger partial charge in [0.2, 0.25) is 0 Å². The van der Waals surface area contributed by atoms with E-state index >= 15 is 0 Å². The number of aromatic nitrogens is 2. The highest BCUT2D eigenvalue weighted by Crippen LogP contribution is 2.28. The SMILES string of the molecule is CCN(C(=O)c1nc(-c2ccccc2)n2c1CCCCC2)c1ccccc1. The van der Waals surface area contributed by atoms with Crippen molar-refractivity contribution in [3.8, 4) is 11.4 Å². The maximum Gasteiger partial charge on any atom is 0.278 e. The summed E-state index contributed by atoms with van der Waals surface area (Å²) < 4.78 is 2.27. The lowest BCUT2D eigenvalue weighted by molar-refractivity contribution is 0.0983. The highest BCUT2D eigenvalue weighted by molar-refractivity contribution is 6.06. The summed E-state index contributed by atoms with van der Waals surface area (Å²) in [5.74, 6) is 0.913. The van der Waals surface area contributed by atoms with Crippen LogP contribution >= 0.6 is 0 Å². The first-order valence-corrected chi connectivity index (χ1v) is 9.81. The van der Waals surface area contributed by atoms with Crippen LogP contribution in [0.4, 0.5) is 5.69 Å². The molecule has 0 saturated heterocycles. The molecule has 0 saturated carbocycles. The van der Waals surface area contributed by atoms with Gasteiger partial charge in [-0.25, -0.2) is 4.98 Å². The van der Waals surface area contributed by atoms with Crippen LogP contribution in [0.5, 0.6) is 0 Å². The van der Waals surface area contributed by atoms with Gasteiger partial charge in [-0.3, -0.25) is 4.79 Å². The molecule has 0 atom stereocenters. The number of fused-ring (bicyclic) bond motifs is 1. The van der Waals surface area contributed by atoms with Crippen molar-refractivity contribution < 1.29 is 4.79 Å². The zero-order chi connectivity index (χ0) is 18.6. The largest absolute Gasteiger partial charge is 0.327 e. The van der Waals surface area contributed by atoms with Gasteiger partial charge < -0.3 is 9.47 Å². The van der Waals surface area contributed by atoms with E-state index in [4.69, 9.17) is 4.98 Å². The molecule has 2 aromatic carbocycles. The minimum Gasteiger partial charge on any atom is -0.327 e. The highest BCUT2D eigenvalue weighted by Gasteiger charge is 2.27.